The van der Waals surface area contributed by atoms with Crippen LogP contribution in [0.3, 0.4) is 0 Å². The van der Waals surface area contributed by atoms with Crippen molar-refractivity contribution in [1.29, 1.82) is 0 Å². The summed E-state index contributed by atoms with van der Waals surface area (Å²) in [5, 5.41) is 10.9. The molecule has 0 saturated heterocycles. The third kappa shape index (κ3) is 2.67. The van der Waals surface area contributed by atoms with Crippen LogP contribution in [0.15, 0.2) is 36.5 Å². The number of anilines is 1. The predicted molar refractivity (Wildman–Crippen MR) is 66.8 cm³/mol. The standard InChI is InChI=1S/C11H8ClN3O3/c12-9-3-2-8(15(16)17)5-10(9)18-11-4-1-7(13)6-14-11/h1-6H,13H2. The van der Waals surface area contributed by atoms with Crippen molar-refractivity contribution >= 4 is 23.0 Å². The summed E-state index contributed by atoms with van der Waals surface area (Å²) in [6, 6.07) is 7.08. The fraction of sp³-hybridized carbons (Fsp3) is 0. The Kier molecular flexibility index (Phi) is 3.29. The summed E-state index contributed by atoms with van der Waals surface area (Å²) < 4.78 is 5.35. The maximum Gasteiger partial charge on any atom is 0.273 e. The normalized spacial score (nSPS) is 10.1. The molecular weight excluding hydrogens is 258 g/mol. The van der Waals surface area contributed by atoms with Gasteiger partial charge in [-0.25, -0.2) is 4.98 Å². The SMILES string of the molecule is Nc1ccc(Oc2cc([N+](=O)[O-])ccc2Cl)nc1. The van der Waals surface area contributed by atoms with Gasteiger partial charge in [0.25, 0.3) is 5.69 Å². The molecule has 18 heavy (non-hydrogen) atoms. The largest absolute Gasteiger partial charge is 0.437 e. The number of nitrogens with zero attached hydrogens (tertiary/aromatic N) is 2. The Balaban J connectivity index is 2.30. The number of benzene rings is 1. The van der Waals surface area contributed by atoms with Crippen molar-refractivity contribution in [2.75, 3.05) is 5.73 Å². The van der Waals surface area contributed by atoms with Gasteiger partial charge in [0.1, 0.15) is 0 Å². The van der Waals surface area contributed by atoms with E-state index in [1.165, 1.54) is 24.4 Å². The first-order valence-corrected chi connectivity index (χ1v) is 5.27. The summed E-state index contributed by atoms with van der Waals surface area (Å²) in [7, 11) is 0. The van der Waals surface area contributed by atoms with Gasteiger partial charge in [0.05, 0.1) is 27.9 Å². The Morgan fingerprint density at radius 1 is 1.33 bits per heavy atom. The minimum Gasteiger partial charge on any atom is -0.437 e. The third-order valence-electron chi connectivity index (χ3n) is 2.10. The van der Waals surface area contributed by atoms with Crippen LogP contribution in [0.1, 0.15) is 0 Å². The molecule has 0 bridgehead atoms. The van der Waals surface area contributed by atoms with Gasteiger partial charge in [-0.1, -0.05) is 11.6 Å². The molecule has 0 radical (unpaired) electrons. The summed E-state index contributed by atoms with van der Waals surface area (Å²) in [5.74, 6) is 0.426. The molecule has 0 aliphatic rings. The molecule has 6 nitrogen and oxygen atoms in total. The van der Waals surface area contributed by atoms with E-state index in [1.807, 2.05) is 0 Å². The second kappa shape index (κ2) is 4.89. The fourth-order valence-electron chi connectivity index (χ4n) is 1.25. The van der Waals surface area contributed by atoms with Gasteiger partial charge in [0.15, 0.2) is 5.75 Å². The summed E-state index contributed by atoms with van der Waals surface area (Å²) in [6.45, 7) is 0. The minimum absolute atomic E-state index is 0.107. The number of halogens is 1. The van der Waals surface area contributed by atoms with E-state index in [4.69, 9.17) is 22.1 Å². The highest BCUT2D eigenvalue weighted by Gasteiger charge is 2.11. The number of nitrogens with two attached hydrogens (primary N) is 1. The number of pyridine rings is 1. The first kappa shape index (κ1) is 12.1. The molecule has 0 unspecified atom stereocenters. The van der Waals surface area contributed by atoms with Crippen LogP contribution in [0.4, 0.5) is 11.4 Å². The minimum atomic E-state index is -0.528. The second-order valence-electron chi connectivity index (χ2n) is 3.40. The monoisotopic (exact) mass is 265 g/mol. The highest BCUT2D eigenvalue weighted by Crippen LogP contribution is 2.31. The van der Waals surface area contributed by atoms with Gasteiger partial charge in [-0.05, 0) is 12.1 Å². The molecule has 0 fully saturated rings. The van der Waals surface area contributed by atoms with Crippen LogP contribution in [-0.2, 0) is 0 Å². The van der Waals surface area contributed by atoms with Gasteiger partial charge >= 0.3 is 0 Å². The summed E-state index contributed by atoms with van der Waals surface area (Å²) in [6.07, 6.45) is 1.42. The van der Waals surface area contributed by atoms with Gasteiger partial charge in [-0.3, -0.25) is 10.1 Å². The predicted octanol–water partition coefficient (Wildman–Crippen LogP) is 3.02. The highest BCUT2D eigenvalue weighted by molar-refractivity contribution is 6.32. The molecule has 2 aromatic rings. The summed E-state index contributed by atoms with van der Waals surface area (Å²) in [4.78, 5) is 14.0. The van der Waals surface area contributed by atoms with Crippen LogP contribution in [0, 0.1) is 10.1 Å². The Labute approximate surface area is 107 Å². The lowest BCUT2D eigenvalue weighted by atomic mass is 10.3. The topological polar surface area (TPSA) is 91.3 Å². The summed E-state index contributed by atoms with van der Waals surface area (Å²) >= 11 is 5.88. The molecule has 0 spiro atoms. The number of rotatable bonds is 3. The van der Waals surface area contributed by atoms with E-state index in [0.29, 0.717) is 5.69 Å². The molecule has 0 atom stereocenters. The van der Waals surface area contributed by atoms with Crippen molar-refractivity contribution in [3.63, 3.8) is 0 Å². The first-order chi connectivity index (χ1) is 8.56. The van der Waals surface area contributed by atoms with Gasteiger partial charge < -0.3 is 10.5 Å². The van der Waals surface area contributed by atoms with Crippen LogP contribution in [0.5, 0.6) is 11.6 Å². The molecule has 0 amide bonds. The van der Waals surface area contributed by atoms with Crippen molar-refractivity contribution in [3.05, 3.63) is 51.7 Å². The number of hydrogen-bond acceptors (Lipinski definition) is 5. The van der Waals surface area contributed by atoms with Crippen LogP contribution in [0.2, 0.25) is 5.02 Å². The number of nitro groups is 1. The average Bonchev–Trinajstić information content (AvgIpc) is 2.34. The zero-order valence-corrected chi connectivity index (χ0v) is 9.79. The van der Waals surface area contributed by atoms with E-state index in [1.54, 1.807) is 12.1 Å². The number of non-ortho nitro benzene ring substituents is 1. The molecule has 1 aromatic heterocycles. The number of nitro benzene ring substituents is 1. The molecule has 0 aliphatic carbocycles. The van der Waals surface area contributed by atoms with Crippen LogP contribution in [0.25, 0.3) is 0 Å². The average molecular weight is 266 g/mol. The molecule has 1 aromatic carbocycles. The lowest BCUT2D eigenvalue weighted by molar-refractivity contribution is -0.384. The molecule has 0 aliphatic heterocycles. The van der Waals surface area contributed by atoms with Crippen molar-refractivity contribution in [2.45, 2.75) is 0 Å². The smallest absolute Gasteiger partial charge is 0.273 e. The Morgan fingerprint density at radius 3 is 2.72 bits per heavy atom. The van der Waals surface area contributed by atoms with E-state index < -0.39 is 4.92 Å². The molecule has 2 rings (SSSR count). The number of hydrogen-bond donors (Lipinski definition) is 1. The Bertz CT molecular complexity index is 587. The lowest BCUT2D eigenvalue weighted by Gasteiger charge is -2.06. The van der Waals surface area contributed by atoms with E-state index >= 15 is 0 Å². The molecule has 1 heterocycles. The van der Waals surface area contributed by atoms with Gasteiger partial charge in [0.2, 0.25) is 5.88 Å². The van der Waals surface area contributed by atoms with Crippen molar-refractivity contribution in [1.82, 2.24) is 4.98 Å². The molecular formula is C11H8ClN3O3. The number of nitrogen functional groups attached to an aromatic ring is 1. The molecule has 2 N–H and O–H groups in total. The number of ether oxygens (including phenoxy) is 1. The molecule has 92 valence electrons. The Hall–Kier alpha value is -2.34. The van der Waals surface area contributed by atoms with Crippen molar-refractivity contribution < 1.29 is 9.66 Å². The first-order valence-electron chi connectivity index (χ1n) is 4.89. The second-order valence-corrected chi connectivity index (χ2v) is 3.81. The zero-order valence-electron chi connectivity index (χ0n) is 9.04. The lowest BCUT2D eigenvalue weighted by Crippen LogP contribution is -1.93. The van der Waals surface area contributed by atoms with E-state index in [9.17, 15) is 10.1 Å². The zero-order chi connectivity index (χ0) is 13.1. The molecule has 0 saturated carbocycles. The summed E-state index contributed by atoms with van der Waals surface area (Å²) in [5.41, 5.74) is 5.87. The van der Waals surface area contributed by atoms with E-state index in [-0.39, 0.29) is 22.3 Å². The maximum atomic E-state index is 10.6. The van der Waals surface area contributed by atoms with Gasteiger partial charge in [-0.2, -0.15) is 0 Å². The van der Waals surface area contributed by atoms with Gasteiger partial charge in [-0.15, -0.1) is 0 Å². The van der Waals surface area contributed by atoms with E-state index in [0.717, 1.165) is 0 Å². The maximum absolute atomic E-state index is 10.6. The third-order valence-corrected chi connectivity index (χ3v) is 2.41. The van der Waals surface area contributed by atoms with Crippen molar-refractivity contribution in [3.8, 4) is 11.6 Å². The quantitative estimate of drug-likeness (QED) is 0.680. The number of aromatic nitrogens is 1. The molecule has 7 heteroatoms. The van der Waals surface area contributed by atoms with Gasteiger partial charge in [0, 0.05) is 12.1 Å². The van der Waals surface area contributed by atoms with Crippen LogP contribution < -0.4 is 10.5 Å². The van der Waals surface area contributed by atoms with Crippen LogP contribution in [-0.4, -0.2) is 9.91 Å². The van der Waals surface area contributed by atoms with E-state index in [2.05, 4.69) is 4.98 Å². The van der Waals surface area contributed by atoms with Crippen molar-refractivity contribution in [2.24, 2.45) is 0 Å². The highest BCUT2D eigenvalue weighted by atomic mass is 35.5. The fourth-order valence-corrected chi connectivity index (χ4v) is 1.40. The Morgan fingerprint density at radius 2 is 2.11 bits per heavy atom. The van der Waals surface area contributed by atoms with Crippen LogP contribution >= 0.6 is 11.6 Å².